The maximum Gasteiger partial charge on any atom is 0.340 e. The summed E-state index contributed by atoms with van der Waals surface area (Å²) >= 11 is 0. The zero-order chi connectivity index (χ0) is 24.8. The number of Topliss-reactive ketones (excluding diaryl/α,β-unsaturated/α-hetero) is 1. The number of anilines is 1. The number of amides is 1. The summed E-state index contributed by atoms with van der Waals surface area (Å²) in [4.78, 5) is 55.5. The largest absolute Gasteiger partial charge is 0.462 e. The molecule has 34 heavy (non-hydrogen) atoms. The third-order valence-electron chi connectivity index (χ3n) is 5.29. The van der Waals surface area contributed by atoms with E-state index in [1.165, 1.54) is 17.0 Å². The van der Waals surface area contributed by atoms with Crippen LogP contribution in [0.3, 0.4) is 0 Å². The van der Waals surface area contributed by atoms with E-state index in [0.29, 0.717) is 17.1 Å². The molecule has 0 unspecified atom stereocenters. The average molecular weight is 463 g/mol. The van der Waals surface area contributed by atoms with Gasteiger partial charge in [0.1, 0.15) is 0 Å². The molecule has 0 spiro atoms. The Kier molecular flexibility index (Phi) is 7.63. The lowest BCUT2D eigenvalue weighted by atomic mass is 10.0. The highest BCUT2D eigenvalue weighted by molar-refractivity contribution is 6.13. The van der Waals surface area contributed by atoms with Crippen LogP contribution in [-0.2, 0) is 9.47 Å². The second kappa shape index (κ2) is 10.6. The van der Waals surface area contributed by atoms with Gasteiger partial charge in [-0.1, -0.05) is 30.3 Å². The summed E-state index contributed by atoms with van der Waals surface area (Å²) in [5.74, 6) is -2.39. The number of carbonyl (C=O) groups is 4. The topological polar surface area (TPSA) is 106 Å². The first-order valence-corrected chi connectivity index (χ1v) is 10.7. The van der Waals surface area contributed by atoms with Gasteiger partial charge in [-0.15, -0.1) is 0 Å². The molecule has 1 heterocycles. The van der Waals surface area contributed by atoms with E-state index in [1.54, 1.807) is 64.2 Å². The summed E-state index contributed by atoms with van der Waals surface area (Å²) in [6, 6.07) is 15.3. The van der Waals surface area contributed by atoms with Crippen LogP contribution in [0.15, 0.2) is 54.6 Å². The molecule has 0 saturated carbocycles. The molecule has 0 radical (unpaired) electrons. The van der Waals surface area contributed by atoms with Gasteiger partial charge in [-0.2, -0.15) is 0 Å². The monoisotopic (exact) mass is 462 g/mol. The fourth-order valence-corrected chi connectivity index (χ4v) is 3.67. The van der Waals surface area contributed by atoms with E-state index < -0.39 is 30.2 Å². The minimum absolute atomic E-state index is 0.0377. The molecule has 0 aliphatic heterocycles. The highest BCUT2D eigenvalue weighted by Crippen LogP contribution is 2.22. The van der Waals surface area contributed by atoms with Crippen molar-refractivity contribution in [3.05, 3.63) is 88.2 Å². The number of ketones is 1. The van der Waals surface area contributed by atoms with Crippen molar-refractivity contribution in [1.29, 1.82) is 0 Å². The maximum atomic E-state index is 13.1. The number of nitrogens with zero attached hydrogens (tertiary/aromatic N) is 1. The van der Waals surface area contributed by atoms with Crippen molar-refractivity contribution in [2.75, 3.05) is 25.2 Å². The van der Waals surface area contributed by atoms with Crippen LogP contribution in [0.1, 0.15) is 59.7 Å². The fourth-order valence-electron chi connectivity index (χ4n) is 3.67. The Bertz CT molecular complexity index is 1230. The molecule has 3 aromatic rings. The Hall–Kier alpha value is -4.20. The third-order valence-corrected chi connectivity index (χ3v) is 5.29. The van der Waals surface area contributed by atoms with Crippen LogP contribution in [0.25, 0.3) is 0 Å². The van der Waals surface area contributed by atoms with E-state index in [4.69, 9.17) is 9.47 Å². The van der Waals surface area contributed by atoms with E-state index in [2.05, 4.69) is 4.98 Å². The van der Waals surface area contributed by atoms with Gasteiger partial charge < -0.3 is 19.4 Å². The molecule has 8 heteroatoms. The van der Waals surface area contributed by atoms with Gasteiger partial charge in [0.2, 0.25) is 5.78 Å². The van der Waals surface area contributed by atoms with Crippen LogP contribution in [0.2, 0.25) is 0 Å². The van der Waals surface area contributed by atoms with Gasteiger partial charge in [0.15, 0.2) is 6.61 Å². The SMILES string of the molecule is CCOC(=O)c1c(C)[nH]c(C)c1C(=O)COC(=O)c1ccccc1C(=O)N(C)c1ccccc1. The van der Waals surface area contributed by atoms with E-state index in [1.807, 2.05) is 6.07 Å². The molecule has 176 valence electrons. The Morgan fingerprint density at radius 1 is 0.794 bits per heavy atom. The fraction of sp³-hybridized carbons (Fsp3) is 0.231. The number of aromatic nitrogens is 1. The first-order valence-electron chi connectivity index (χ1n) is 10.7. The van der Waals surface area contributed by atoms with Crippen molar-refractivity contribution in [2.24, 2.45) is 0 Å². The molecule has 2 aromatic carbocycles. The molecule has 8 nitrogen and oxygen atoms in total. The second-order valence-corrected chi connectivity index (χ2v) is 7.59. The Morgan fingerprint density at radius 3 is 2.03 bits per heavy atom. The number of rotatable bonds is 8. The van der Waals surface area contributed by atoms with Crippen LogP contribution >= 0.6 is 0 Å². The average Bonchev–Trinajstić information content (AvgIpc) is 3.15. The van der Waals surface area contributed by atoms with Crippen LogP contribution in [0, 0.1) is 13.8 Å². The normalized spacial score (nSPS) is 10.5. The molecule has 1 aromatic heterocycles. The number of esters is 2. The van der Waals surface area contributed by atoms with Gasteiger partial charge in [-0.05, 0) is 45.0 Å². The summed E-state index contributed by atoms with van der Waals surface area (Å²) in [6.45, 7) is 4.54. The van der Waals surface area contributed by atoms with Crippen molar-refractivity contribution in [2.45, 2.75) is 20.8 Å². The van der Waals surface area contributed by atoms with Crippen molar-refractivity contribution in [3.8, 4) is 0 Å². The van der Waals surface area contributed by atoms with Gasteiger partial charge in [0.05, 0.1) is 28.9 Å². The number of nitrogens with one attached hydrogen (secondary N) is 1. The third kappa shape index (κ3) is 5.06. The number of carbonyl (C=O) groups excluding carboxylic acids is 4. The lowest BCUT2D eigenvalue weighted by Gasteiger charge is -2.18. The van der Waals surface area contributed by atoms with Crippen LogP contribution < -0.4 is 4.90 Å². The lowest BCUT2D eigenvalue weighted by Crippen LogP contribution is -2.28. The summed E-state index contributed by atoms with van der Waals surface area (Å²) in [5, 5.41) is 0. The minimum atomic E-state index is -0.818. The Morgan fingerprint density at radius 2 is 1.38 bits per heavy atom. The molecular formula is C26H26N2O6. The zero-order valence-corrected chi connectivity index (χ0v) is 19.5. The molecule has 0 aliphatic rings. The summed E-state index contributed by atoms with van der Waals surface area (Å²) in [5.41, 5.74) is 2.06. The Labute approximate surface area is 197 Å². The molecule has 0 fully saturated rings. The van der Waals surface area contributed by atoms with Gasteiger partial charge in [-0.25, -0.2) is 9.59 Å². The van der Waals surface area contributed by atoms with E-state index in [0.717, 1.165) is 0 Å². The van der Waals surface area contributed by atoms with Crippen LogP contribution in [0.4, 0.5) is 5.69 Å². The second-order valence-electron chi connectivity index (χ2n) is 7.59. The molecule has 0 saturated heterocycles. The first-order chi connectivity index (χ1) is 16.3. The number of aryl methyl sites for hydroxylation is 2. The molecular weight excluding hydrogens is 436 g/mol. The highest BCUT2D eigenvalue weighted by Gasteiger charge is 2.27. The summed E-state index contributed by atoms with van der Waals surface area (Å²) < 4.78 is 10.3. The minimum Gasteiger partial charge on any atom is -0.462 e. The predicted molar refractivity (Wildman–Crippen MR) is 126 cm³/mol. The Balaban J connectivity index is 1.79. The number of H-pyrrole nitrogens is 1. The lowest BCUT2D eigenvalue weighted by molar-refractivity contribution is 0.0470. The molecule has 0 atom stereocenters. The summed E-state index contributed by atoms with van der Waals surface area (Å²) in [6.07, 6.45) is 0. The number of para-hydroxylation sites is 1. The number of benzene rings is 2. The van der Waals surface area contributed by atoms with Gasteiger partial charge in [-0.3, -0.25) is 9.59 Å². The van der Waals surface area contributed by atoms with E-state index in [9.17, 15) is 19.2 Å². The van der Waals surface area contributed by atoms with Gasteiger partial charge in [0.25, 0.3) is 5.91 Å². The number of ether oxygens (including phenoxy) is 2. The number of hydrogen-bond donors (Lipinski definition) is 1. The van der Waals surface area contributed by atoms with Crippen molar-refractivity contribution in [3.63, 3.8) is 0 Å². The van der Waals surface area contributed by atoms with Gasteiger partial charge >= 0.3 is 11.9 Å². The standard InChI is InChI=1S/C26H26N2O6/c1-5-33-26(32)23-17(3)27-16(2)22(23)21(29)15-34-25(31)20-14-10-9-13-19(20)24(30)28(4)18-11-7-6-8-12-18/h6-14,27H,5,15H2,1-4H3. The zero-order valence-electron chi connectivity index (χ0n) is 19.5. The smallest absolute Gasteiger partial charge is 0.340 e. The molecule has 0 aliphatic carbocycles. The van der Waals surface area contributed by atoms with E-state index >= 15 is 0 Å². The predicted octanol–water partition coefficient (Wildman–Crippen LogP) is 4.12. The van der Waals surface area contributed by atoms with Crippen molar-refractivity contribution in [1.82, 2.24) is 4.98 Å². The first kappa shape index (κ1) is 24.4. The van der Waals surface area contributed by atoms with E-state index in [-0.39, 0.29) is 28.9 Å². The molecule has 1 amide bonds. The van der Waals surface area contributed by atoms with Gasteiger partial charge in [0, 0.05) is 24.1 Å². The maximum absolute atomic E-state index is 13.1. The van der Waals surface area contributed by atoms with Crippen LogP contribution in [-0.4, -0.2) is 48.9 Å². The molecule has 0 bridgehead atoms. The van der Waals surface area contributed by atoms with Crippen LogP contribution in [0.5, 0.6) is 0 Å². The molecule has 1 N–H and O–H groups in total. The van der Waals surface area contributed by atoms with Crippen molar-refractivity contribution < 1.29 is 28.7 Å². The quantitative estimate of drug-likeness (QED) is 0.399. The highest BCUT2D eigenvalue weighted by atomic mass is 16.5. The number of aromatic amines is 1. The van der Waals surface area contributed by atoms with Crippen molar-refractivity contribution >= 4 is 29.3 Å². The number of hydrogen-bond acceptors (Lipinski definition) is 6. The molecule has 3 rings (SSSR count). The summed E-state index contributed by atoms with van der Waals surface area (Å²) in [7, 11) is 1.61.